The van der Waals surface area contributed by atoms with E-state index in [-0.39, 0.29) is 17.5 Å². The fraction of sp³-hybridized carbons (Fsp3) is 0.364. The molecule has 0 radical (unpaired) electrons. The van der Waals surface area contributed by atoms with Crippen molar-refractivity contribution >= 4 is 29.5 Å². The summed E-state index contributed by atoms with van der Waals surface area (Å²) in [6, 6.07) is 6.75. The van der Waals surface area contributed by atoms with Crippen molar-refractivity contribution in [1.82, 2.24) is 15.0 Å². The highest BCUT2D eigenvalue weighted by Crippen LogP contribution is 2.48. The summed E-state index contributed by atoms with van der Waals surface area (Å²) < 4.78 is 42.9. The van der Waals surface area contributed by atoms with Crippen LogP contribution in [-0.2, 0) is 10.3 Å². The van der Waals surface area contributed by atoms with Crippen molar-refractivity contribution in [2.24, 2.45) is 0 Å². The van der Waals surface area contributed by atoms with E-state index in [2.05, 4.69) is 25.6 Å². The summed E-state index contributed by atoms with van der Waals surface area (Å²) in [6.45, 7) is 0.224. The Morgan fingerprint density at radius 3 is 2.32 bits per heavy atom. The van der Waals surface area contributed by atoms with Gasteiger partial charge in [0.25, 0.3) is 0 Å². The highest BCUT2D eigenvalue weighted by molar-refractivity contribution is 6.30. The topological polar surface area (TPSA) is 109 Å². The average molecular weight is 496 g/mol. The third-order valence-electron chi connectivity index (χ3n) is 5.50. The van der Waals surface area contributed by atoms with Gasteiger partial charge >= 0.3 is 18.2 Å². The number of hydrogen-bond acceptors (Lipinski definition) is 7. The van der Waals surface area contributed by atoms with Crippen LogP contribution in [0.4, 0.5) is 25.1 Å². The summed E-state index contributed by atoms with van der Waals surface area (Å²) in [5.74, 6) is -1.02. The predicted molar refractivity (Wildman–Crippen MR) is 119 cm³/mol. The molecule has 0 amide bonds. The van der Waals surface area contributed by atoms with Gasteiger partial charge in [0.2, 0.25) is 11.9 Å². The Kier molecular flexibility index (Phi) is 6.15. The number of alkyl halides is 3. The smallest absolute Gasteiger partial charge is 0.422 e. The van der Waals surface area contributed by atoms with Gasteiger partial charge in [-0.1, -0.05) is 35.9 Å². The van der Waals surface area contributed by atoms with Gasteiger partial charge in [0.1, 0.15) is 0 Å². The lowest BCUT2D eigenvalue weighted by Gasteiger charge is -2.29. The Morgan fingerprint density at radius 2 is 1.79 bits per heavy atom. The zero-order chi connectivity index (χ0) is 24.6. The molecule has 1 saturated carbocycles. The zero-order valence-corrected chi connectivity index (χ0v) is 18.7. The summed E-state index contributed by atoms with van der Waals surface area (Å²) in [6.07, 6.45) is 1.89. The van der Waals surface area contributed by atoms with E-state index in [0.29, 0.717) is 11.4 Å². The van der Waals surface area contributed by atoms with Gasteiger partial charge in [-0.15, -0.1) is 0 Å². The lowest BCUT2D eigenvalue weighted by molar-refractivity contribution is -0.154. The predicted octanol–water partition coefficient (Wildman–Crippen LogP) is 4.71. The molecule has 0 spiro atoms. The van der Waals surface area contributed by atoms with Crippen LogP contribution in [0.5, 0.6) is 6.01 Å². The van der Waals surface area contributed by atoms with E-state index in [4.69, 9.17) is 21.4 Å². The Balaban J connectivity index is 1.59. The first-order valence-corrected chi connectivity index (χ1v) is 10.7. The third kappa shape index (κ3) is 5.77. The highest BCUT2D eigenvalue weighted by Gasteiger charge is 2.45. The zero-order valence-electron chi connectivity index (χ0n) is 18.0. The minimum absolute atomic E-state index is 0.0131. The molecule has 1 atom stereocenters. The second-order valence-corrected chi connectivity index (χ2v) is 8.86. The van der Waals surface area contributed by atoms with E-state index in [9.17, 15) is 18.0 Å². The first kappa shape index (κ1) is 23.8. The van der Waals surface area contributed by atoms with E-state index in [0.717, 1.165) is 18.4 Å². The lowest BCUT2D eigenvalue weighted by Crippen LogP contribution is -2.35. The summed E-state index contributed by atoms with van der Waals surface area (Å²) in [5, 5.41) is 16.0. The number of ether oxygens (including phenoxy) is 1. The minimum Gasteiger partial charge on any atom is -0.478 e. The molecule has 2 aliphatic rings. The molecule has 4 rings (SSSR count). The van der Waals surface area contributed by atoms with Crippen LogP contribution in [0.15, 0.2) is 48.1 Å². The molecule has 1 fully saturated rings. The number of nitrogens with zero attached hydrogens (tertiary/aromatic N) is 3. The molecule has 1 unspecified atom stereocenters. The maximum Gasteiger partial charge on any atom is 0.422 e. The Bertz CT molecular complexity index is 1150. The van der Waals surface area contributed by atoms with Crippen LogP contribution in [0.2, 0.25) is 5.02 Å². The second-order valence-electron chi connectivity index (χ2n) is 8.43. The maximum absolute atomic E-state index is 12.7. The van der Waals surface area contributed by atoms with Gasteiger partial charge in [0.15, 0.2) is 6.61 Å². The third-order valence-corrected chi connectivity index (χ3v) is 5.75. The summed E-state index contributed by atoms with van der Waals surface area (Å²) in [5.41, 5.74) is -0.159. The SMILES string of the molecule is CC1(Nc2nc(NC3(c4ccc(Cl)cc4)CC3)nc(OCC(F)(F)F)n2)C=CC(C(=O)O)=CC1. The summed E-state index contributed by atoms with van der Waals surface area (Å²) >= 11 is 5.98. The Morgan fingerprint density at radius 1 is 1.15 bits per heavy atom. The van der Waals surface area contributed by atoms with Gasteiger partial charge in [-0.2, -0.15) is 28.1 Å². The molecule has 0 bridgehead atoms. The lowest BCUT2D eigenvalue weighted by atomic mass is 9.90. The fourth-order valence-electron chi connectivity index (χ4n) is 3.51. The van der Waals surface area contributed by atoms with E-state index in [1.165, 1.54) is 12.2 Å². The minimum atomic E-state index is -4.56. The molecule has 180 valence electrons. The molecule has 34 heavy (non-hydrogen) atoms. The Hall–Kier alpha value is -3.34. The Labute approximate surface area is 197 Å². The van der Waals surface area contributed by atoms with Gasteiger partial charge in [-0.05, 0) is 50.0 Å². The van der Waals surface area contributed by atoms with Crippen LogP contribution < -0.4 is 15.4 Å². The number of nitrogens with one attached hydrogen (secondary N) is 2. The number of benzene rings is 1. The molecule has 0 saturated heterocycles. The average Bonchev–Trinajstić information content (AvgIpc) is 3.52. The van der Waals surface area contributed by atoms with Crippen LogP contribution in [-0.4, -0.2) is 44.3 Å². The molecule has 1 aromatic heterocycles. The summed E-state index contributed by atoms with van der Waals surface area (Å²) in [4.78, 5) is 23.5. The molecule has 0 aliphatic heterocycles. The first-order chi connectivity index (χ1) is 16.0. The number of halogens is 4. The molecular formula is C22H21ClF3N5O3. The normalized spacial score (nSPS) is 20.9. The van der Waals surface area contributed by atoms with Crippen LogP contribution >= 0.6 is 11.6 Å². The number of rotatable bonds is 8. The van der Waals surface area contributed by atoms with Crippen molar-refractivity contribution in [3.05, 3.63) is 58.7 Å². The van der Waals surface area contributed by atoms with Crippen LogP contribution in [0.1, 0.15) is 31.7 Å². The molecule has 1 aromatic carbocycles. The van der Waals surface area contributed by atoms with Crippen LogP contribution in [0.25, 0.3) is 0 Å². The first-order valence-electron chi connectivity index (χ1n) is 10.4. The van der Waals surface area contributed by atoms with Gasteiger partial charge in [-0.25, -0.2) is 4.79 Å². The van der Waals surface area contributed by atoms with Crippen LogP contribution in [0, 0.1) is 0 Å². The van der Waals surface area contributed by atoms with Crippen molar-refractivity contribution in [3.8, 4) is 6.01 Å². The maximum atomic E-state index is 12.7. The molecule has 2 aliphatic carbocycles. The van der Waals surface area contributed by atoms with Crippen molar-refractivity contribution in [2.45, 2.75) is 43.4 Å². The highest BCUT2D eigenvalue weighted by atomic mass is 35.5. The number of aliphatic carboxylic acids is 1. The van der Waals surface area contributed by atoms with Crippen molar-refractivity contribution < 1.29 is 27.8 Å². The standard InChI is InChI=1S/C22H21ClF3N5O3/c1-20(8-6-13(7-9-20)16(32)33)30-17-27-18(29-19(28-17)34-12-22(24,25)26)31-21(10-11-21)14-2-4-15(23)5-3-14/h2-8H,9-12H2,1H3,(H,32,33)(H2,27,28,29,30,31). The van der Waals surface area contributed by atoms with Crippen molar-refractivity contribution in [2.75, 3.05) is 17.2 Å². The van der Waals surface area contributed by atoms with E-state index in [1.54, 1.807) is 25.1 Å². The molecule has 8 nitrogen and oxygen atoms in total. The molecule has 12 heteroatoms. The number of carboxylic acids is 1. The fourth-order valence-corrected chi connectivity index (χ4v) is 3.64. The number of hydrogen-bond donors (Lipinski definition) is 3. The largest absolute Gasteiger partial charge is 0.478 e. The molecule has 3 N–H and O–H groups in total. The molecule has 1 heterocycles. The summed E-state index contributed by atoms with van der Waals surface area (Å²) in [7, 11) is 0. The van der Waals surface area contributed by atoms with E-state index < -0.39 is 35.8 Å². The monoisotopic (exact) mass is 495 g/mol. The van der Waals surface area contributed by atoms with Gasteiger partial charge in [0.05, 0.1) is 16.7 Å². The van der Waals surface area contributed by atoms with Crippen molar-refractivity contribution in [1.29, 1.82) is 0 Å². The number of carboxylic acid groups (broad SMARTS) is 1. The molecule has 2 aromatic rings. The number of aromatic nitrogens is 3. The van der Waals surface area contributed by atoms with Gasteiger partial charge in [-0.3, -0.25) is 0 Å². The quantitative estimate of drug-likeness (QED) is 0.483. The second kappa shape index (κ2) is 8.79. The van der Waals surface area contributed by atoms with Gasteiger partial charge < -0.3 is 20.5 Å². The number of anilines is 2. The van der Waals surface area contributed by atoms with Crippen LogP contribution in [0.3, 0.4) is 0 Å². The van der Waals surface area contributed by atoms with Crippen molar-refractivity contribution in [3.63, 3.8) is 0 Å². The van der Waals surface area contributed by atoms with E-state index in [1.807, 2.05) is 12.1 Å². The molecular weight excluding hydrogens is 475 g/mol. The number of carbonyl (C=O) groups is 1. The van der Waals surface area contributed by atoms with Gasteiger partial charge in [0, 0.05) is 5.02 Å². The van der Waals surface area contributed by atoms with E-state index >= 15 is 0 Å².